The largest absolute Gasteiger partial charge is 0.453 e. The molecular weight excluding hydrogens is 285 g/mol. The summed E-state index contributed by atoms with van der Waals surface area (Å²) in [4.78, 5) is 1.90. The van der Waals surface area contributed by atoms with Gasteiger partial charge in [0.2, 0.25) is 0 Å². The van der Waals surface area contributed by atoms with E-state index in [4.69, 9.17) is 5.73 Å². The van der Waals surface area contributed by atoms with Crippen molar-refractivity contribution in [2.75, 3.05) is 18.0 Å². The maximum atomic E-state index is 12.9. The molecule has 2 atom stereocenters. The molecule has 0 saturated carbocycles. The Hall–Kier alpha value is -1.90. The van der Waals surface area contributed by atoms with Crippen LogP contribution in [0.25, 0.3) is 5.65 Å². The fourth-order valence-electron chi connectivity index (χ4n) is 2.71. The minimum absolute atomic E-state index is 0.00533. The second-order valence-electron chi connectivity index (χ2n) is 5.49. The van der Waals surface area contributed by atoms with Crippen LogP contribution in [0.5, 0.6) is 0 Å². The Balaban J connectivity index is 2.00. The second-order valence-corrected chi connectivity index (χ2v) is 5.49. The molecular formula is C12H15F3N6. The van der Waals surface area contributed by atoms with Gasteiger partial charge >= 0.3 is 6.18 Å². The molecule has 114 valence electrons. The van der Waals surface area contributed by atoms with Gasteiger partial charge in [-0.05, 0) is 24.5 Å². The van der Waals surface area contributed by atoms with Crippen LogP contribution in [0.1, 0.15) is 19.2 Å². The van der Waals surface area contributed by atoms with Crippen LogP contribution in [0.15, 0.2) is 12.1 Å². The molecule has 1 fully saturated rings. The number of aromatic nitrogens is 4. The number of nitrogens with zero attached hydrogens (tertiary/aromatic N) is 5. The van der Waals surface area contributed by atoms with Crippen LogP contribution >= 0.6 is 0 Å². The zero-order valence-corrected chi connectivity index (χ0v) is 11.4. The Labute approximate surface area is 118 Å². The zero-order valence-electron chi connectivity index (χ0n) is 11.4. The van der Waals surface area contributed by atoms with Gasteiger partial charge in [-0.3, -0.25) is 0 Å². The Morgan fingerprint density at radius 3 is 2.67 bits per heavy atom. The molecule has 0 amide bonds. The molecule has 2 unspecified atom stereocenters. The van der Waals surface area contributed by atoms with Crippen molar-refractivity contribution in [2.45, 2.75) is 25.6 Å². The van der Waals surface area contributed by atoms with Crippen molar-refractivity contribution >= 4 is 11.5 Å². The van der Waals surface area contributed by atoms with Gasteiger partial charge in [0.25, 0.3) is 5.82 Å². The van der Waals surface area contributed by atoms with Gasteiger partial charge in [-0.1, -0.05) is 6.92 Å². The summed E-state index contributed by atoms with van der Waals surface area (Å²) in [6.07, 6.45) is -3.68. The molecule has 0 radical (unpaired) electrons. The molecule has 2 N–H and O–H groups in total. The summed E-state index contributed by atoms with van der Waals surface area (Å²) in [7, 11) is 0. The third-order valence-electron chi connectivity index (χ3n) is 3.52. The minimum atomic E-state index is -4.59. The first-order chi connectivity index (χ1) is 9.84. The average molecular weight is 300 g/mol. The monoisotopic (exact) mass is 300 g/mol. The summed E-state index contributed by atoms with van der Waals surface area (Å²) in [5.41, 5.74) is 6.03. The molecule has 0 aliphatic carbocycles. The van der Waals surface area contributed by atoms with Crippen LogP contribution in [-0.4, -0.2) is 38.9 Å². The van der Waals surface area contributed by atoms with Crippen LogP contribution in [0.3, 0.4) is 0 Å². The SMILES string of the molecule is CC1CC(N)CN(c2ccc3nnc(C(F)(F)F)n3n2)C1. The molecule has 0 spiro atoms. The number of halogens is 3. The highest BCUT2D eigenvalue weighted by molar-refractivity contribution is 5.46. The van der Waals surface area contributed by atoms with E-state index in [0.29, 0.717) is 18.3 Å². The number of nitrogens with two attached hydrogens (primary N) is 1. The van der Waals surface area contributed by atoms with Crippen molar-refractivity contribution < 1.29 is 13.2 Å². The predicted octanol–water partition coefficient (Wildman–Crippen LogP) is 1.32. The topological polar surface area (TPSA) is 72.3 Å². The van der Waals surface area contributed by atoms with E-state index in [1.807, 2.05) is 4.90 Å². The average Bonchev–Trinajstić information content (AvgIpc) is 2.79. The van der Waals surface area contributed by atoms with Crippen molar-refractivity contribution in [1.82, 2.24) is 19.8 Å². The maximum Gasteiger partial charge on any atom is 0.453 e. The Morgan fingerprint density at radius 1 is 1.24 bits per heavy atom. The number of rotatable bonds is 1. The lowest BCUT2D eigenvalue weighted by Gasteiger charge is -2.35. The van der Waals surface area contributed by atoms with Crippen LogP contribution in [0.2, 0.25) is 0 Å². The van der Waals surface area contributed by atoms with E-state index < -0.39 is 12.0 Å². The van der Waals surface area contributed by atoms with Crippen molar-refractivity contribution in [3.05, 3.63) is 18.0 Å². The first kappa shape index (κ1) is 14.1. The van der Waals surface area contributed by atoms with E-state index >= 15 is 0 Å². The summed E-state index contributed by atoms with van der Waals surface area (Å²) in [5, 5.41) is 10.7. The van der Waals surface area contributed by atoms with Crippen molar-refractivity contribution in [3.63, 3.8) is 0 Å². The molecule has 1 aliphatic heterocycles. The molecule has 0 aromatic carbocycles. The van der Waals surface area contributed by atoms with E-state index in [1.54, 1.807) is 6.07 Å². The molecule has 9 heteroatoms. The van der Waals surface area contributed by atoms with Crippen LogP contribution in [0, 0.1) is 5.92 Å². The first-order valence-electron chi connectivity index (χ1n) is 6.65. The highest BCUT2D eigenvalue weighted by Crippen LogP contribution is 2.28. The van der Waals surface area contributed by atoms with Crippen LogP contribution in [0.4, 0.5) is 19.0 Å². The smallest absolute Gasteiger partial charge is 0.353 e. The summed E-state index contributed by atoms with van der Waals surface area (Å²) >= 11 is 0. The Kier molecular flexibility index (Phi) is 3.23. The molecule has 1 saturated heterocycles. The zero-order chi connectivity index (χ0) is 15.2. The summed E-state index contributed by atoms with van der Waals surface area (Å²) in [6.45, 7) is 3.35. The molecule has 3 rings (SSSR count). The molecule has 2 aromatic rings. The lowest BCUT2D eigenvalue weighted by Crippen LogP contribution is -2.46. The lowest BCUT2D eigenvalue weighted by molar-refractivity contribution is -0.146. The number of piperidine rings is 1. The summed E-state index contributed by atoms with van der Waals surface area (Å²) < 4.78 is 39.3. The normalized spacial score (nSPS) is 23.8. The van der Waals surface area contributed by atoms with Gasteiger partial charge < -0.3 is 10.6 Å². The number of anilines is 1. The van der Waals surface area contributed by atoms with Crippen molar-refractivity contribution in [2.24, 2.45) is 11.7 Å². The van der Waals surface area contributed by atoms with Gasteiger partial charge in [-0.15, -0.1) is 15.3 Å². The van der Waals surface area contributed by atoms with E-state index in [-0.39, 0.29) is 11.7 Å². The maximum absolute atomic E-state index is 12.9. The van der Waals surface area contributed by atoms with Gasteiger partial charge in [0.1, 0.15) is 5.82 Å². The fraction of sp³-hybridized carbons (Fsp3) is 0.583. The van der Waals surface area contributed by atoms with Gasteiger partial charge in [-0.25, -0.2) is 0 Å². The number of hydrogen-bond acceptors (Lipinski definition) is 5. The summed E-state index contributed by atoms with van der Waals surface area (Å²) in [5.74, 6) is -0.294. The van der Waals surface area contributed by atoms with Gasteiger partial charge in [-0.2, -0.15) is 17.7 Å². The molecule has 0 bridgehead atoms. The third-order valence-corrected chi connectivity index (χ3v) is 3.52. The Bertz CT molecular complexity index is 642. The first-order valence-corrected chi connectivity index (χ1v) is 6.65. The fourth-order valence-corrected chi connectivity index (χ4v) is 2.71. The van der Waals surface area contributed by atoms with E-state index in [2.05, 4.69) is 22.2 Å². The van der Waals surface area contributed by atoms with Crippen molar-refractivity contribution in [1.29, 1.82) is 0 Å². The third kappa shape index (κ3) is 2.65. The van der Waals surface area contributed by atoms with Crippen LogP contribution < -0.4 is 10.6 Å². The highest BCUT2D eigenvalue weighted by Gasteiger charge is 2.38. The van der Waals surface area contributed by atoms with E-state index in [9.17, 15) is 13.2 Å². The molecule has 3 heterocycles. The quantitative estimate of drug-likeness (QED) is 0.860. The molecule has 1 aliphatic rings. The summed E-state index contributed by atoms with van der Waals surface area (Å²) in [6, 6.07) is 3.12. The van der Waals surface area contributed by atoms with Gasteiger partial charge in [0.15, 0.2) is 5.65 Å². The Morgan fingerprint density at radius 2 is 2.00 bits per heavy atom. The number of fused-ring (bicyclic) bond motifs is 1. The molecule has 2 aromatic heterocycles. The van der Waals surface area contributed by atoms with Gasteiger partial charge in [0, 0.05) is 19.1 Å². The predicted molar refractivity (Wildman–Crippen MR) is 69.8 cm³/mol. The molecule has 6 nitrogen and oxygen atoms in total. The molecule has 21 heavy (non-hydrogen) atoms. The van der Waals surface area contributed by atoms with E-state index in [0.717, 1.165) is 17.5 Å². The number of hydrogen-bond donors (Lipinski definition) is 1. The second kappa shape index (κ2) is 4.83. The van der Waals surface area contributed by atoms with E-state index in [1.165, 1.54) is 6.07 Å². The standard InChI is InChI=1S/C12H15F3N6/c1-7-4-8(16)6-20(5-7)10-3-2-9-17-18-11(12(13,14)15)21(9)19-10/h2-3,7-8H,4-6,16H2,1H3. The number of alkyl halides is 3. The highest BCUT2D eigenvalue weighted by atomic mass is 19.4. The van der Waals surface area contributed by atoms with Crippen molar-refractivity contribution in [3.8, 4) is 0 Å². The van der Waals surface area contributed by atoms with Crippen LogP contribution in [-0.2, 0) is 6.18 Å². The minimum Gasteiger partial charge on any atom is -0.353 e. The lowest BCUT2D eigenvalue weighted by atomic mass is 9.97. The van der Waals surface area contributed by atoms with Gasteiger partial charge in [0.05, 0.1) is 0 Å².